The van der Waals surface area contributed by atoms with Gasteiger partial charge in [-0.2, -0.15) is 0 Å². The topological polar surface area (TPSA) is 54.7 Å². The Morgan fingerprint density at radius 2 is 1.89 bits per heavy atom. The first-order valence-corrected chi connectivity index (χ1v) is 7.00. The minimum Gasteiger partial charge on any atom is -0.340 e. The van der Waals surface area contributed by atoms with Gasteiger partial charge in [0, 0.05) is 5.02 Å². The number of hydrogen-bond acceptors (Lipinski definition) is 2. The number of benzene rings is 1. The second-order valence-corrected chi connectivity index (χ2v) is 5.75. The molecule has 3 nitrogen and oxygen atoms in total. The van der Waals surface area contributed by atoms with Crippen molar-refractivity contribution in [1.82, 2.24) is 9.97 Å². The quantitative estimate of drug-likeness (QED) is 0.771. The van der Waals surface area contributed by atoms with Crippen LogP contribution in [-0.4, -0.2) is 9.97 Å². The Morgan fingerprint density at radius 3 is 2.61 bits per heavy atom. The molecule has 1 heterocycles. The van der Waals surface area contributed by atoms with Crippen molar-refractivity contribution in [2.45, 2.75) is 44.1 Å². The molecule has 1 fully saturated rings. The van der Waals surface area contributed by atoms with Crippen molar-refractivity contribution in [3.63, 3.8) is 0 Å². The van der Waals surface area contributed by atoms with Crippen molar-refractivity contribution in [2.24, 2.45) is 5.73 Å². The van der Waals surface area contributed by atoms with Crippen molar-refractivity contribution in [3.05, 3.63) is 29.0 Å². The largest absolute Gasteiger partial charge is 0.340 e. The molecular formula is C14H18ClN3. The van der Waals surface area contributed by atoms with Gasteiger partial charge in [0.05, 0.1) is 16.6 Å². The molecule has 0 unspecified atom stereocenters. The van der Waals surface area contributed by atoms with Gasteiger partial charge in [-0.15, -0.1) is 0 Å². The number of aromatic amines is 1. The number of hydrogen-bond donors (Lipinski definition) is 2. The molecule has 2 aromatic rings. The molecule has 1 aliphatic rings. The highest BCUT2D eigenvalue weighted by molar-refractivity contribution is 6.31. The van der Waals surface area contributed by atoms with Crippen LogP contribution in [0, 0.1) is 0 Å². The maximum atomic E-state index is 6.56. The number of fused-ring (bicyclic) bond motifs is 1. The lowest BCUT2D eigenvalue weighted by atomic mass is 9.91. The van der Waals surface area contributed by atoms with Crippen molar-refractivity contribution < 1.29 is 0 Å². The zero-order valence-electron chi connectivity index (χ0n) is 10.4. The summed E-state index contributed by atoms with van der Waals surface area (Å²) in [7, 11) is 0. The van der Waals surface area contributed by atoms with Crippen molar-refractivity contribution in [2.75, 3.05) is 0 Å². The molecule has 0 spiro atoms. The summed E-state index contributed by atoms with van der Waals surface area (Å²) in [6.45, 7) is 0. The highest BCUT2D eigenvalue weighted by Gasteiger charge is 2.31. The van der Waals surface area contributed by atoms with Gasteiger partial charge in [-0.1, -0.05) is 37.3 Å². The number of nitrogens with two attached hydrogens (primary N) is 1. The van der Waals surface area contributed by atoms with Gasteiger partial charge in [0.1, 0.15) is 5.82 Å². The predicted octanol–water partition coefficient (Wildman–Crippen LogP) is 3.72. The van der Waals surface area contributed by atoms with Gasteiger partial charge in [-0.3, -0.25) is 0 Å². The van der Waals surface area contributed by atoms with E-state index in [2.05, 4.69) is 9.97 Å². The molecule has 18 heavy (non-hydrogen) atoms. The Kier molecular flexibility index (Phi) is 3.04. The Labute approximate surface area is 112 Å². The van der Waals surface area contributed by atoms with Gasteiger partial charge < -0.3 is 10.7 Å². The molecular weight excluding hydrogens is 246 g/mol. The molecule has 1 aromatic heterocycles. The van der Waals surface area contributed by atoms with E-state index in [1.165, 1.54) is 25.7 Å². The summed E-state index contributed by atoms with van der Waals surface area (Å²) in [5.74, 6) is 0.918. The predicted molar refractivity (Wildman–Crippen MR) is 74.7 cm³/mol. The first-order chi connectivity index (χ1) is 8.67. The SMILES string of the molecule is NC1(c2nc3ccc(Cl)cc3[nH]2)CCCCCC1. The van der Waals surface area contributed by atoms with Gasteiger partial charge in [0.2, 0.25) is 0 Å². The van der Waals surface area contributed by atoms with E-state index in [4.69, 9.17) is 17.3 Å². The lowest BCUT2D eigenvalue weighted by molar-refractivity contribution is 0.366. The molecule has 96 valence electrons. The maximum Gasteiger partial charge on any atom is 0.127 e. The summed E-state index contributed by atoms with van der Waals surface area (Å²) in [6, 6.07) is 5.72. The van der Waals surface area contributed by atoms with E-state index in [9.17, 15) is 0 Å². The maximum absolute atomic E-state index is 6.56. The normalized spacial score (nSPS) is 19.9. The summed E-state index contributed by atoms with van der Waals surface area (Å²) in [6.07, 6.45) is 6.97. The molecule has 0 saturated heterocycles. The minimum atomic E-state index is -0.290. The third-order valence-electron chi connectivity index (χ3n) is 3.91. The summed E-state index contributed by atoms with van der Waals surface area (Å²) in [5, 5.41) is 0.727. The van der Waals surface area contributed by atoms with Crippen LogP contribution in [0.25, 0.3) is 11.0 Å². The van der Waals surface area contributed by atoms with Crippen LogP contribution in [0.1, 0.15) is 44.3 Å². The smallest absolute Gasteiger partial charge is 0.127 e. The number of imidazole rings is 1. The average Bonchev–Trinajstić information content (AvgIpc) is 2.65. The number of aromatic nitrogens is 2. The van der Waals surface area contributed by atoms with Crippen molar-refractivity contribution >= 4 is 22.6 Å². The van der Waals surface area contributed by atoms with Gasteiger partial charge >= 0.3 is 0 Å². The lowest BCUT2D eigenvalue weighted by Gasteiger charge is -2.25. The van der Waals surface area contributed by atoms with Crippen LogP contribution in [0.15, 0.2) is 18.2 Å². The first-order valence-electron chi connectivity index (χ1n) is 6.62. The molecule has 4 heteroatoms. The third kappa shape index (κ3) is 2.13. The number of halogens is 1. The van der Waals surface area contributed by atoms with Crippen LogP contribution >= 0.6 is 11.6 Å². The number of nitrogens with zero attached hydrogens (tertiary/aromatic N) is 1. The second kappa shape index (κ2) is 4.56. The zero-order valence-corrected chi connectivity index (χ0v) is 11.1. The molecule has 1 aliphatic carbocycles. The van der Waals surface area contributed by atoms with E-state index in [-0.39, 0.29) is 5.54 Å². The van der Waals surface area contributed by atoms with E-state index in [0.29, 0.717) is 0 Å². The number of H-pyrrole nitrogens is 1. The van der Waals surface area contributed by atoms with E-state index >= 15 is 0 Å². The molecule has 0 atom stereocenters. The summed E-state index contributed by atoms with van der Waals surface area (Å²) in [5.41, 5.74) is 8.19. The highest BCUT2D eigenvalue weighted by Crippen LogP contribution is 2.33. The summed E-state index contributed by atoms with van der Waals surface area (Å²) < 4.78 is 0. The Morgan fingerprint density at radius 1 is 1.17 bits per heavy atom. The van der Waals surface area contributed by atoms with Gasteiger partial charge in [0.25, 0.3) is 0 Å². The molecule has 1 aromatic carbocycles. The van der Waals surface area contributed by atoms with Gasteiger partial charge in [-0.05, 0) is 31.0 Å². The zero-order chi connectivity index (χ0) is 12.6. The van der Waals surface area contributed by atoms with Crippen LogP contribution in [0.4, 0.5) is 0 Å². The second-order valence-electron chi connectivity index (χ2n) is 5.32. The van der Waals surface area contributed by atoms with Gasteiger partial charge in [-0.25, -0.2) is 4.98 Å². The Bertz CT molecular complexity index is 553. The third-order valence-corrected chi connectivity index (χ3v) is 4.15. The standard InChI is InChI=1S/C14H18ClN3/c15-10-5-6-11-12(9-10)18-13(17-11)14(16)7-3-1-2-4-8-14/h5-6,9H,1-4,7-8,16H2,(H,17,18). The minimum absolute atomic E-state index is 0.290. The van der Waals surface area contributed by atoms with Crippen molar-refractivity contribution in [3.8, 4) is 0 Å². The fourth-order valence-corrected chi connectivity index (χ4v) is 2.99. The van der Waals surface area contributed by atoms with Crippen LogP contribution in [0.3, 0.4) is 0 Å². The first kappa shape index (κ1) is 12.0. The lowest BCUT2D eigenvalue weighted by Crippen LogP contribution is -2.37. The fourth-order valence-electron chi connectivity index (χ4n) is 2.81. The monoisotopic (exact) mass is 263 g/mol. The average molecular weight is 264 g/mol. The molecule has 3 rings (SSSR count). The summed E-state index contributed by atoms with van der Waals surface area (Å²) >= 11 is 6.00. The Balaban J connectivity index is 2.02. The molecule has 0 aliphatic heterocycles. The molecule has 0 bridgehead atoms. The highest BCUT2D eigenvalue weighted by atomic mass is 35.5. The van der Waals surface area contributed by atoms with Crippen LogP contribution in [0.5, 0.6) is 0 Å². The van der Waals surface area contributed by atoms with E-state index in [1.54, 1.807) is 0 Å². The van der Waals surface area contributed by atoms with Crippen molar-refractivity contribution in [1.29, 1.82) is 0 Å². The number of nitrogens with one attached hydrogen (secondary N) is 1. The van der Waals surface area contributed by atoms with Crippen LogP contribution < -0.4 is 5.73 Å². The number of rotatable bonds is 1. The van der Waals surface area contributed by atoms with Crippen LogP contribution in [0.2, 0.25) is 5.02 Å². The van der Waals surface area contributed by atoms with E-state index in [1.807, 2.05) is 18.2 Å². The van der Waals surface area contributed by atoms with E-state index < -0.39 is 0 Å². The molecule has 0 radical (unpaired) electrons. The fraction of sp³-hybridized carbons (Fsp3) is 0.500. The van der Waals surface area contributed by atoms with E-state index in [0.717, 1.165) is 34.7 Å². The Hall–Kier alpha value is -1.06. The molecule has 1 saturated carbocycles. The summed E-state index contributed by atoms with van der Waals surface area (Å²) in [4.78, 5) is 8.01. The molecule has 0 amide bonds. The van der Waals surface area contributed by atoms with Gasteiger partial charge in [0.15, 0.2) is 0 Å². The molecule has 3 N–H and O–H groups in total. The van der Waals surface area contributed by atoms with Crippen LogP contribution in [-0.2, 0) is 5.54 Å².